The van der Waals surface area contributed by atoms with Crippen LogP contribution in [-0.4, -0.2) is 11.5 Å². The zero-order chi connectivity index (χ0) is 12.4. The third-order valence-electron chi connectivity index (χ3n) is 3.22. The van der Waals surface area contributed by atoms with E-state index in [-0.39, 0.29) is 0 Å². The first kappa shape index (κ1) is 11.1. The Balaban J connectivity index is 1.98. The van der Waals surface area contributed by atoms with Crippen molar-refractivity contribution in [2.24, 2.45) is 0 Å². The average molecular weight is 239 g/mol. The van der Waals surface area contributed by atoms with E-state index in [0.717, 1.165) is 24.5 Å². The molecule has 0 unspecified atom stereocenters. The Morgan fingerprint density at radius 1 is 1.28 bits per heavy atom. The van der Waals surface area contributed by atoms with Crippen LogP contribution in [0.5, 0.6) is 0 Å². The van der Waals surface area contributed by atoms with E-state index in [1.165, 1.54) is 23.2 Å². The molecule has 18 heavy (non-hydrogen) atoms. The number of aromatic nitrogens is 1. The zero-order valence-electron chi connectivity index (χ0n) is 10.5. The van der Waals surface area contributed by atoms with E-state index < -0.39 is 0 Å². The van der Waals surface area contributed by atoms with E-state index in [4.69, 9.17) is 0 Å². The molecule has 2 heterocycles. The van der Waals surface area contributed by atoms with E-state index in [9.17, 15) is 0 Å². The number of aryl methyl sites for hydroxylation is 2. The number of hydrogen-bond donors (Lipinski definition) is 2. The Kier molecular flexibility index (Phi) is 2.89. The van der Waals surface area contributed by atoms with Gasteiger partial charge in [0, 0.05) is 12.7 Å². The summed E-state index contributed by atoms with van der Waals surface area (Å²) in [7, 11) is 0. The molecule has 0 saturated carbocycles. The lowest BCUT2D eigenvalue weighted by atomic mass is 9.99. The molecule has 2 N–H and O–H groups in total. The second kappa shape index (κ2) is 4.69. The zero-order valence-corrected chi connectivity index (χ0v) is 10.5. The van der Waals surface area contributed by atoms with Crippen molar-refractivity contribution in [2.45, 2.75) is 19.8 Å². The largest absolute Gasteiger partial charge is 0.383 e. The van der Waals surface area contributed by atoms with Gasteiger partial charge in [-0.05, 0) is 49.1 Å². The van der Waals surface area contributed by atoms with Crippen molar-refractivity contribution in [3.8, 4) is 0 Å². The van der Waals surface area contributed by atoms with Crippen LogP contribution in [0.2, 0.25) is 0 Å². The molecule has 3 heteroatoms. The molecule has 0 radical (unpaired) electrons. The Morgan fingerprint density at radius 3 is 3.06 bits per heavy atom. The highest BCUT2D eigenvalue weighted by atomic mass is 15.0. The molecule has 0 aliphatic carbocycles. The Labute approximate surface area is 107 Å². The normalized spacial score (nSPS) is 13.6. The minimum atomic E-state index is 0.887. The molecule has 2 aromatic rings. The second-order valence-electron chi connectivity index (χ2n) is 4.72. The van der Waals surface area contributed by atoms with Crippen molar-refractivity contribution in [1.29, 1.82) is 0 Å². The summed E-state index contributed by atoms with van der Waals surface area (Å²) in [5.74, 6) is 0.887. The fraction of sp³-hybridized carbons (Fsp3) is 0.267. The molecule has 1 aliphatic heterocycles. The third kappa shape index (κ3) is 2.16. The maximum atomic E-state index is 4.31. The first-order valence-corrected chi connectivity index (χ1v) is 6.38. The van der Waals surface area contributed by atoms with Crippen LogP contribution in [0.15, 0.2) is 36.5 Å². The predicted molar refractivity (Wildman–Crippen MR) is 75.5 cm³/mol. The summed E-state index contributed by atoms with van der Waals surface area (Å²) in [6.07, 6.45) is 4.17. The molecule has 1 aliphatic rings. The van der Waals surface area contributed by atoms with Crippen LogP contribution in [-0.2, 0) is 6.42 Å². The second-order valence-corrected chi connectivity index (χ2v) is 4.72. The lowest BCUT2D eigenvalue weighted by Gasteiger charge is -2.22. The molecule has 0 saturated heterocycles. The summed E-state index contributed by atoms with van der Waals surface area (Å²) in [5, 5.41) is 6.89. The third-order valence-corrected chi connectivity index (χ3v) is 3.22. The van der Waals surface area contributed by atoms with E-state index in [1.807, 2.05) is 18.2 Å². The summed E-state index contributed by atoms with van der Waals surface area (Å²) in [6.45, 7) is 3.19. The quantitative estimate of drug-likeness (QED) is 0.842. The maximum absolute atomic E-state index is 4.31. The minimum absolute atomic E-state index is 0.887. The lowest BCUT2D eigenvalue weighted by Crippen LogP contribution is -2.13. The monoisotopic (exact) mass is 239 g/mol. The van der Waals surface area contributed by atoms with Crippen LogP contribution in [0, 0.1) is 6.92 Å². The highest BCUT2D eigenvalue weighted by Crippen LogP contribution is 2.33. The van der Waals surface area contributed by atoms with Crippen LogP contribution in [0.1, 0.15) is 17.5 Å². The predicted octanol–water partition coefficient (Wildman–Crippen LogP) is 3.49. The standard InChI is InChI=1S/C15H17N3/c1-11-9-12-5-4-8-17-15(12)13(10-11)18-14-6-2-3-7-16-14/h2-3,6-7,9-10,17H,4-5,8H2,1H3,(H,16,18). The van der Waals surface area contributed by atoms with Crippen LogP contribution < -0.4 is 10.6 Å². The fourth-order valence-electron chi connectivity index (χ4n) is 2.43. The molecule has 3 rings (SSSR count). The Morgan fingerprint density at radius 2 is 2.22 bits per heavy atom. The molecule has 3 nitrogen and oxygen atoms in total. The summed E-state index contributed by atoms with van der Waals surface area (Å²) in [4.78, 5) is 4.31. The van der Waals surface area contributed by atoms with Crippen LogP contribution in [0.4, 0.5) is 17.2 Å². The van der Waals surface area contributed by atoms with Gasteiger partial charge in [0.25, 0.3) is 0 Å². The summed E-state index contributed by atoms with van der Waals surface area (Å²) >= 11 is 0. The first-order valence-electron chi connectivity index (χ1n) is 6.38. The molecular formula is C15H17N3. The van der Waals surface area contributed by atoms with Gasteiger partial charge in [-0.2, -0.15) is 0 Å². The number of pyridine rings is 1. The number of anilines is 3. The summed E-state index contributed by atoms with van der Waals surface area (Å²) in [6, 6.07) is 10.3. The highest BCUT2D eigenvalue weighted by molar-refractivity contribution is 5.77. The molecule has 0 bridgehead atoms. The molecule has 0 fully saturated rings. The van der Waals surface area contributed by atoms with Gasteiger partial charge in [-0.15, -0.1) is 0 Å². The van der Waals surface area contributed by atoms with Gasteiger partial charge in [0.2, 0.25) is 0 Å². The van der Waals surface area contributed by atoms with Crippen molar-refractivity contribution >= 4 is 17.2 Å². The lowest BCUT2D eigenvalue weighted by molar-refractivity contribution is 0.830. The summed E-state index contributed by atoms with van der Waals surface area (Å²) in [5.41, 5.74) is 5.05. The van der Waals surface area contributed by atoms with E-state index in [1.54, 1.807) is 6.20 Å². The van der Waals surface area contributed by atoms with Gasteiger partial charge in [0.15, 0.2) is 0 Å². The van der Waals surface area contributed by atoms with E-state index in [0.29, 0.717) is 0 Å². The van der Waals surface area contributed by atoms with Crippen molar-refractivity contribution in [1.82, 2.24) is 4.98 Å². The van der Waals surface area contributed by atoms with Crippen molar-refractivity contribution in [3.05, 3.63) is 47.7 Å². The maximum Gasteiger partial charge on any atom is 0.130 e. The molecule has 1 aromatic heterocycles. The molecule has 0 spiro atoms. The summed E-state index contributed by atoms with van der Waals surface area (Å²) < 4.78 is 0. The first-order chi connectivity index (χ1) is 8.83. The minimum Gasteiger partial charge on any atom is -0.383 e. The average Bonchev–Trinajstić information content (AvgIpc) is 2.40. The number of hydrogen-bond acceptors (Lipinski definition) is 3. The number of benzene rings is 1. The van der Waals surface area contributed by atoms with E-state index >= 15 is 0 Å². The van der Waals surface area contributed by atoms with E-state index in [2.05, 4.69) is 34.7 Å². The molecular weight excluding hydrogens is 222 g/mol. The van der Waals surface area contributed by atoms with Crippen molar-refractivity contribution < 1.29 is 0 Å². The highest BCUT2D eigenvalue weighted by Gasteiger charge is 2.13. The molecule has 0 atom stereocenters. The molecule has 0 amide bonds. The van der Waals surface area contributed by atoms with Gasteiger partial charge in [0.05, 0.1) is 11.4 Å². The van der Waals surface area contributed by atoms with Crippen molar-refractivity contribution in [2.75, 3.05) is 17.2 Å². The van der Waals surface area contributed by atoms with Gasteiger partial charge in [0.1, 0.15) is 5.82 Å². The fourth-order valence-corrected chi connectivity index (χ4v) is 2.43. The smallest absolute Gasteiger partial charge is 0.130 e. The number of nitrogens with zero attached hydrogens (tertiary/aromatic N) is 1. The number of nitrogens with one attached hydrogen (secondary N) is 2. The van der Waals surface area contributed by atoms with Gasteiger partial charge in [-0.25, -0.2) is 4.98 Å². The SMILES string of the molecule is Cc1cc2c(c(Nc3ccccn3)c1)NCCC2. The topological polar surface area (TPSA) is 37.0 Å². The number of fused-ring (bicyclic) bond motifs is 1. The van der Waals surface area contributed by atoms with Crippen LogP contribution in [0.25, 0.3) is 0 Å². The van der Waals surface area contributed by atoms with Crippen molar-refractivity contribution in [3.63, 3.8) is 0 Å². The van der Waals surface area contributed by atoms with Gasteiger partial charge in [-0.1, -0.05) is 12.1 Å². The van der Waals surface area contributed by atoms with Gasteiger partial charge < -0.3 is 10.6 Å². The molecule has 92 valence electrons. The van der Waals surface area contributed by atoms with Gasteiger partial charge in [-0.3, -0.25) is 0 Å². The van der Waals surface area contributed by atoms with Gasteiger partial charge >= 0.3 is 0 Å². The number of rotatable bonds is 2. The molecule has 1 aromatic carbocycles. The Hall–Kier alpha value is -2.03. The van der Waals surface area contributed by atoms with Crippen LogP contribution >= 0.6 is 0 Å². The Bertz CT molecular complexity index is 549. The van der Waals surface area contributed by atoms with Crippen LogP contribution in [0.3, 0.4) is 0 Å².